The zero-order chi connectivity index (χ0) is 17.9. The zero-order valence-corrected chi connectivity index (χ0v) is 14.2. The van der Waals surface area contributed by atoms with Gasteiger partial charge in [0.2, 0.25) is 0 Å². The van der Waals surface area contributed by atoms with Crippen LogP contribution >= 0.6 is 0 Å². The Kier molecular flexibility index (Phi) is 4.53. The number of hydrogen-bond donors (Lipinski definition) is 1. The first kappa shape index (κ1) is 16.5. The summed E-state index contributed by atoms with van der Waals surface area (Å²) in [6.07, 6.45) is 2.23. The quantitative estimate of drug-likeness (QED) is 0.626. The van der Waals surface area contributed by atoms with Crippen LogP contribution < -0.4 is 14.8 Å². The second kappa shape index (κ2) is 7.13. The number of amides is 2. The van der Waals surface area contributed by atoms with Crippen LogP contribution in [0.1, 0.15) is 27.1 Å². The molecule has 4 rings (SSSR count). The minimum Gasteiger partial charge on any atom is -0.484 e. The Hall–Kier alpha value is -2.93. The minimum atomic E-state index is -0.211. The van der Waals surface area contributed by atoms with Crippen molar-refractivity contribution in [1.29, 1.82) is 0 Å². The van der Waals surface area contributed by atoms with Crippen molar-refractivity contribution in [3.63, 3.8) is 0 Å². The van der Waals surface area contributed by atoms with E-state index < -0.39 is 0 Å². The molecule has 0 bridgehead atoms. The molecule has 2 aliphatic heterocycles. The molecule has 0 fully saturated rings. The zero-order valence-electron chi connectivity index (χ0n) is 14.2. The Morgan fingerprint density at radius 3 is 2.65 bits per heavy atom. The molecule has 1 aromatic carbocycles. The maximum absolute atomic E-state index is 12.3. The van der Waals surface area contributed by atoms with Gasteiger partial charge in [-0.1, -0.05) is 12.1 Å². The van der Waals surface area contributed by atoms with Crippen molar-refractivity contribution in [2.24, 2.45) is 0 Å². The van der Waals surface area contributed by atoms with Crippen LogP contribution in [0.15, 0.2) is 42.6 Å². The predicted octanol–water partition coefficient (Wildman–Crippen LogP) is 1.50. The molecule has 0 saturated heterocycles. The van der Waals surface area contributed by atoms with Gasteiger partial charge < -0.3 is 14.8 Å². The molecule has 0 saturated carbocycles. The van der Waals surface area contributed by atoms with Crippen LogP contribution in [0.3, 0.4) is 0 Å². The molecule has 1 aromatic heterocycles. The number of aromatic nitrogens is 1. The lowest BCUT2D eigenvalue weighted by Gasteiger charge is -2.25. The fourth-order valence-electron chi connectivity index (χ4n) is 3.12. The van der Waals surface area contributed by atoms with Gasteiger partial charge >= 0.3 is 0 Å². The maximum Gasteiger partial charge on any atom is 0.261 e. The van der Waals surface area contributed by atoms with E-state index in [-0.39, 0.29) is 17.9 Å². The highest BCUT2D eigenvalue weighted by Gasteiger charge is 2.34. The summed E-state index contributed by atoms with van der Waals surface area (Å²) >= 11 is 0. The van der Waals surface area contributed by atoms with Gasteiger partial charge in [0.05, 0.1) is 11.1 Å². The van der Waals surface area contributed by atoms with Crippen LogP contribution in [0.5, 0.6) is 11.6 Å². The van der Waals surface area contributed by atoms with Gasteiger partial charge in [-0.05, 0) is 37.2 Å². The molecule has 7 heteroatoms. The Morgan fingerprint density at radius 2 is 1.88 bits per heavy atom. The normalized spacial score (nSPS) is 18.2. The van der Waals surface area contributed by atoms with E-state index in [2.05, 4.69) is 10.3 Å². The van der Waals surface area contributed by atoms with Crippen molar-refractivity contribution in [2.45, 2.75) is 12.5 Å². The molecule has 3 heterocycles. The van der Waals surface area contributed by atoms with Gasteiger partial charge in [0.25, 0.3) is 17.7 Å². The summed E-state index contributed by atoms with van der Waals surface area (Å²) < 4.78 is 11.4. The van der Waals surface area contributed by atoms with Crippen LogP contribution in [-0.2, 0) is 0 Å². The highest BCUT2D eigenvalue weighted by atomic mass is 16.6. The van der Waals surface area contributed by atoms with E-state index in [9.17, 15) is 9.59 Å². The minimum absolute atomic E-state index is 0.114. The number of rotatable bonds is 6. The molecule has 1 atom stereocenters. The molecule has 1 N–H and O–H groups in total. The third-order valence-electron chi connectivity index (χ3n) is 4.42. The molecule has 0 aliphatic carbocycles. The molecule has 7 nitrogen and oxygen atoms in total. The standard InChI is InChI=1S/C19H19N3O4/c23-18-14-5-1-2-6-15(14)19(24)22(18)10-4-8-20-11-13-12-25-16-7-3-9-21-17(16)26-13/h1-3,5-7,9,13,20H,4,8,10-12H2. The average molecular weight is 353 g/mol. The number of carbonyl (C=O) groups excluding carboxylic acids is 2. The first-order chi connectivity index (χ1) is 12.7. The van der Waals surface area contributed by atoms with Crippen molar-refractivity contribution >= 4 is 11.8 Å². The number of hydrogen-bond acceptors (Lipinski definition) is 6. The number of imide groups is 1. The number of fused-ring (bicyclic) bond motifs is 2. The maximum atomic E-state index is 12.3. The van der Waals surface area contributed by atoms with Gasteiger partial charge in [0.15, 0.2) is 5.75 Å². The Balaban J connectivity index is 1.21. The van der Waals surface area contributed by atoms with Crippen molar-refractivity contribution < 1.29 is 19.1 Å². The van der Waals surface area contributed by atoms with Crippen molar-refractivity contribution in [2.75, 3.05) is 26.2 Å². The van der Waals surface area contributed by atoms with E-state index in [1.165, 1.54) is 4.90 Å². The first-order valence-corrected chi connectivity index (χ1v) is 8.64. The van der Waals surface area contributed by atoms with Gasteiger partial charge in [-0.15, -0.1) is 0 Å². The number of benzene rings is 1. The van der Waals surface area contributed by atoms with E-state index in [1.807, 2.05) is 6.07 Å². The Morgan fingerprint density at radius 1 is 1.12 bits per heavy atom. The second-order valence-corrected chi connectivity index (χ2v) is 6.22. The summed E-state index contributed by atoms with van der Waals surface area (Å²) in [4.78, 5) is 30.0. The summed E-state index contributed by atoms with van der Waals surface area (Å²) in [5.74, 6) is 0.750. The van der Waals surface area contributed by atoms with Crippen molar-refractivity contribution in [1.82, 2.24) is 15.2 Å². The molecule has 0 radical (unpaired) electrons. The Bertz CT molecular complexity index is 804. The van der Waals surface area contributed by atoms with Crippen LogP contribution in [0.25, 0.3) is 0 Å². The van der Waals surface area contributed by atoms with E-state index in [0.717, 1.165) is 0 Å². The molecule has 2 amide bonds. The van der Waals surface area contributed by atoms with E-state index in [4.69, 9.17) is 9.47 Å². The number of nitrogens with zero attached hydrogens (tertiary/aromatic N) is 2. The monoisotopic (exact) mass is 353 g/mol. The predicted molar refractivity (Wildman–Crippen MR) is 93.4 cm³/mol. The lowest BCUT2D eigenvalue weighted by Crippen LogP contribution is -2.40. The largest absolute Gasteiger partial charge is 0.484 e. The highest BCUT2D eigenvalue weighted by Crippen LogP contribution is 2.28. The molecule has 2 aliphatic rings. The lowest BCUT2D eigenvalue weighted by molar-refractivity contribution is 0.0650. The van der Waals surface area contributed by atoms with Gasteiger partial charge in [0, 0.05) is 19.3 Å². The van der Waals surface area contributed by atoms with Gasteiger partial charge in [-0.2, -0.15) is 0 Å². The molecular weight excluding hydrogens is 334 g/mol. The molecule has 26 heavy (non-hydrogen) atoms. The molecule has 0 spiro atoms. The number of ether oxygens (including phenoxy) is 2. The molecule has 1 unspecified atom stereocenters. The smallest absolute Gasteiger partial charge is 0.261 e. The van der Waals surface area contributed by atoms with Crippen molar-refractivity contribution in [3.8, 4) is 11.6 Å². The number of pyridine rings is 1. The molecule has 2 aromatic rings. The summed E-state index contributed by atoms with van der Waals surface area (Å²) in [6.45, 7) is 2.14. The topological polar surface area (TPSA) is 80.8 Å². The first-order valence-electron chi connectivity index (χ1n) is 8.64. The fraction of sp³-hybridized carbons (Fsp3) is 0.316. The lowest BCUT2D eigenvalue weighted by atomic mass is 10.1. The summed E-state index contributed by atoms with van der Waals surface area (Å²) in [6, 6.07) is 10.6. The summed E-state index contributed by atoms with van der Waals surface area (Å²) in [5, 5.41) is 3.28. The SMILES string of the molecule is O=C1c2ccccc2C(=O)N1CCCNCC1COc2cccnc2O1. The number of carbonyl (C=O) groups is 2. The van der Waals surface area contributed by atoms with E-state index in [0.29, 0.717) is 55.4 Å². The molecule has 134 valence electrons. The third-order valence-corrected chi connectivity index (χ3v) is 4.42. The number of nitrogens with one attached hydrogen (secondary N) is 1. The van der Waals surface area contributed by atoms with E-state index in [1.54, 1.807) is 36.5 Å². The van der Waals surface area contributed by atoms with Crippen LogP contribution in [-0.4, -0.2) is 54.0 Å². The molecular formula is C19H19N3O4. The fourth-order valence-corrected chi connectivity index (χ4v) is 3.12. The summed E-state index contributed by atoms with van der Waals surface area (Å²) in [5.41, 5.74) is 0.980. The van der Waals surface area contributed by atoms with Gasteiger partial charge in [-0.25, -0.2) is 4.98 Å². The average Bonchev–Trinajstić information content (AvgIpc) is 2.92. The Labute approximate surface area is 150 Å². The van der Waals surface area contributed by atoms with Gasteiger partial charge in [0.1, 0.15) is 12.7 Å². The third kappa shape index (κ3) is 3.13. The summed E-state index contributed by atoms with van der Waals surface area (Å²) in [7, 11) is 0. The van der Waals surface area contributed by atoms with Crippen LogP contribution in [0, 0.1) is 0 Å². The van der Waals surface area contributed by atoms with Crippen LogP contribution in [0.2, 0.25) is 0 Å². The van der Waals surface area contributed by atoms with Gasteiger partial charge in [-0.3, -0.25) is 14.5 Å². The highest BCUT2D eigenvalue weighted by molar-refractivity contribution is 6.21. The van der Waals surface area contributed by atoms with Crippen LogP contribution in [0.4, 0.5) is 0 Å². The van der Waals surface area contributed by atoms with Crippen molar-refractivity contribution in [3.05, 3.63) is 53.7 Å². The second-order valence-electron chi connectivity index (χ2n) is 6.22. The van der Waals surface area contributed by atoms with E-state index >= 15 is 0 Å².